The number of aliphatic hydroxyl groups is 3. The lowest BCUT2D eigenvalue weighted by Crippen LogP contribution is -2.60. The van der Waals surface area contributed by atoms with Gasteiger partial charge in [0.2, 0.25) is 0 Å². The van der Waals surface area contributed by atoms with Gasteiger partial charge in [-0.3, -0.25) is 14.1 Å². The summed E-state index contributed by atoms with van der Waals surface area (Å²) in [4.78, 5) is 25.4. The fourth-order valence-corrected chi connectivity index (χ4v) is 8.15. The van der Waals surface area contributed by atoms with Crippen LogP contribution >= 0.6 is 0 Å². The van der Waals surface area contributed by atoms with Gasteiger partial charge in [-0.25, -0.2) is 0 Å². The molecular weight excluding hydrogens is 801 g/mol. The normalized spacial score (nSPS) is 20.1. The number of allylic oxidation sites excluding steroid dienone is 4. The topological polar surface area (TPSA) is 186 Å². The van der Waals surface area contributed by atoms with Crippen molar-refractivity contribution in [2.45, 2.75) is 250 Å². The van der Waals surface area contributed by atoms with Crippen LogP contribution < -0.4 is 0 Å². The first kappa shape index (κ1) is 57.1. The Morgan fingerprint density at radius 1 is 0.557 bits per heavy atom. The minimum absolute atomic E-state index is 0.151. The SMILES string of the molecule is CCCC/C=C/C/C=C/CCCCCCCC(=O)O[C@H](COC(=O)CCCCCCCCCCCCCCCCCCCCC)CO[C@H]1O[C@H](CS(=O)(=O)O)[C@@H](O)C(O)C1O. The Bertz CT molecular complexity index is 1220. The van der Waals surface area contributed by atoms with Crippen LogP contribution in [0.25, 0.3) is 0 Å². The number of hydrogen-bond acceptors (Lipinski definition) is 11. The zero-order chi connectivity index (χ0) is 44.8. The van der Waals surface area contributed by atoms with E-state index >= 15 is 0 Å². The maximum Gasteiger partial charge on any atom is 0.306 e. The Labute approximate surface area is 370 Å². The lowest BCUT2D eigenvalue weighted by molar-refractivity contribution is -0.297. The molecule has 6 atom stereocenters. The van der Waals surface area contributed by atoms with Gasteiger partial charge in [0.1, 0.15) is 36.8 Å². The summed E-state index contributed by atoms with van der Waals surface area (Å²) < 4.78 is 54.1. The Morgan fingerprint density at radius 2 is 1.00 bits per heavy atom. The molecule has 0 aromatic rings. The third-order valence-electron chi connectivity index (χ3n) is 11.3. The smallest absolute Gasteiger partial charge is 0.306 e. The van der Waals surface area contributed by atoms with Crippen LogP contribution in [0, 0.1) is 0 Å². The molecular formula is C48H88O12S. The van der Waals surface area contributed by atoms with Crippen molar-refractivity contribution in [1.29, 1.82) is 0 Å². The first-order chi connectivity index (χ1) is 29.5. The van der Waals surface area contributed by atoms with E-state index in [1.54, 1.807) is 0 Å². The molecule has 0 amide bonds. The summed E-state index contributed by atoms with van der Waals surface area (Å²) >= 11 is 0. The second-order valence-corrected chi connectivity index (χ2v) is 18.6. The van der Waals surface area contributed by atoms with E-state index in [1.165, 1.54) is 109 Å². The summed E-state index contributed by atoms with van der Waals surface area (Å²) in [6.45, 7) is 3.73. The van der Waals surface area contributed by atoms with Crippen LogP contribution in [0.15, 0.2) is 24.3 Å². The quantitative estimate of drug-likeness (QED) is 0.0197. The van der Waals surface area contributed by atoms with Gasteiger partial charge in [-0.2, -0.15) is 8.42 Å². The molecule has 0 spiro atoms. The highest BCUT2D eigenvalue weighted by Crippen LogP contribution is 2.24. The van der Waals surface area contributed by atoms with Crippen LogP contribution in [-0.2, 0) is 38.7 Å². The van der Waals surface area contributed by atoms with Crippen molar-refractivity contribution in [3.63, 3.8) is 0 Å². The largest absolute Gasteiger partial charge is 0.462 e. The molecule has 0 bridgehead atoms. The molecule has 1 heterocycles. The number of unbranched alkanes of at least 4 members (excludes halogenated alkanes) is 25. The monoisotopic (exact) mass is 889 g/mol. The van der Waals surface area contributed by atoms with E-state index in [1.807, 2.05) is 0 Å². The highest BCUT2D eigenvalue weighted by atomic mass is 32.2. The maximum atomic E-state index is 12.8. The second-order valence-electron chi connectivity index (χ2n) is 17.1. The fourth-order valence-electron chi connectivity index (χ4n) is 7.46. The molecule has 1 aliphatic rings. The molecule has 4 N–H and O–H groups in total. The summed E-state index contributed by atoms with van der Waals surface area (Å²) in [5, 5.41) is 30.9. The summed E-state index contributed by atoms with van der Waals surface area (Å²) in [5.41, 5.74) is 0. The van der Waals surface area contributed by atoms with Crippen LogP contribution in [0.1, 0.15) is 213 Å². The van der Waals surface area contributed by atoms with E-state index in [0.717, 1.165) is 64.2 Å². The van der Waals surface area contributed by atoms with Crippen molar-refractivity contribution in [3.05, 3.63) is 24.3 Å². The molecule has 0 aliphatic carbocycles. The number of aliphatic hydroxyl groups excluding tert-OH is 3. The zero-order valence-electron chi connectivity index (χ0n) is 38.3. The van der Waals surface area contributed by atoms with Gasteiger partial charge in [0.15, 0.2) is 12.4 Å². The molecule has 13 heteroatoms. The molecule has 1 saturated heterocycles. The number of carbonyl (C=O) groups is 2. The first-order valence-electron chi connectivity index (χ1n) is 24.4. The van der Waals surface area contributed by atoms with Crippen LogP contribution in [0.4, 0.5) is 0 Å². The van der Waals surface area contributed by atoms with Crippen LogP contribution in [0.3, 0.4) is 0 Å². The zero-order valence-corrected chi connectivity index (χ0v) is 39.1. The molecule has 0 radical (unpaired) electrons. The van der Waals surface area contributed by atoms with E-state index in [9.17, 15) is 37.9 Å². The molecule has 1 rings (SSSR count). The van der Waals surface area contributed by atoms with E-state index in [2.05, 4.69) is 38.2 Å². The Hall–Kier alpha value is -1.87. The van der Waals surface area contributed by atoms with Crippen LogP contribution in [0.2, 0.25) is 0 Å². The molecule has 0 aromatic heterocycles. The molecule has 0 saturated carbocycles. The van der Waals surface area contributed by atoms with Crippen molar-refractivity contribution in [3.8, 4) is 0 Å². The number of ether oxygens (including phenoxy) is 4. The van der Waals surface area contributed by atoms with Gasteiger partial charge in [0, 0.05) is 12.8 Å². The van der Waals surface area contributed by atoms with E-state index in [0.29, 0.717) is 12.8 Å². The molecule has 358 valence electrons. The van der Waals surface area contributed by atoms with E-state index in [4.69, 9.17) is 18.9 Å². The summed E-state index contributed by atoms with van der Waals surface area (Å²) in [6, 6.07) is 0. The van der Waals surface area contributed by atoms with Gasteiger partial charge in [-0.1, -0.05) is 186 Å². The molecule has 2 unspecified atom stereocenters. The third kappa shape index (κ3) is 33.3. The number of esters is 2. The fraction of sp³-hybridized carbons (Fsp3) is 0.875. The van der Waals surface area contributed by atoms with Gasteiger partial charge in [-0.15, -0.1) is 0 Å². The Morgan fingerprint density at radius 3 is 1.49 bits per heavy atom. The van der Waals surface area contributed by atoms with Crippen molar-refractivity contribution in [1.82, 2.24) is 0 Å². The lowest BCUT2D eigenvalue weighted by Gasteiger charge is -2.40. The Balaban J connectivity index is 2.39. The average Bonchev–Trinajstić information content (AvgIpc) is 3.22. The maximum absolute atomic E-state index is 12.8. The van der Waals surface area contributed by atoms with Crippen LogP contribution in [-0.4, -0.2) is 96.0 Å². The van der Waals surface area contributed by atoms with Crippen molar-refractivity contribution >= 4 is 22.1 Å². The molecule has 12 nitrogen and oxygen atoms in total. The van der Waals surface area contributed by atoms with Gasteiger partial charge < -0.3 is 34.3 Å². The van der Waals surface area contributed by atoms with E-state index in [-0.39, 0.29) is 19.4 Å². The predicted molar refractivity (Wildman–Crippen MR) is 243 cm³/mol. The van der Waals surface area contributed by atoms with Crippen molar-refractivity contribution in [2.24, 2.45) is 0 Å². The van der Waals surface area contributed by atoms with E-state index < -0.39 is 71.2 Å². The van der Waals surface area contributed by atoms with Gasteiger partial charge >= 0.3 is 11.9 Å². The lowest BCUT2D eigenvalue weighted by atomic mass is 10.00. The van der Waals surface area contributed by atoms with Gasteiger partial charge in [0.25, 0.3) is 10.1 Å². The summed E-state index contributed by atoms with van der Waals surface area (Å²) in [5.74, 6) is -1.99. The number of carbonyl (C=O) groups excluding carboxylic acids is 2. The van der Waals surface area contributed by atoms with Crippen molar-refractivity contribution in [2.75, 3.05) is 19.0 Å². The molecule has 0 aromatic carbocycles. The number of hydrogen-bond donors (Lipinski definition) is 4. The Kier molecular flexibility index (Phi) is 36.1. The first-order valence-corrected chi connectivity index (χ1v) is 26.0. The summed E-state index contributed by atoms with van der Waals surface area (Å²) in [6.07, 6.45) is 33.6. The second kappa shape index (κ2) is 38.6. The molecule has 1 aliphatic heterocycles. The third-order valence-corrected chi connectivity index (χ3v) is 12.0. The van der Waals surface area contributed by atoms with Crippen molar-refractivity contribution < 1.29 is 56.8 Å². The highest BCUT2D eigenvalue weighted by Gasteiger charge is 2.46. The number of rotatable bonds is 41. The average molecular weight is 889 g/mol. The standard InChI is InChI=1S/C48H88O12S/c1-3-5-7-9-11-13-15-17-19-20-21-22-23-25-26-28-30-32-34-36-43(49)57-38-41(39-58-48-47(53)46(52)45(51)42(60-48)40-61(54,55)56)59-44(50)37-35-33-31-29-27-24-18-16-14-12-10-8-6-4-2/h10,12,16,18,41-42,45-48,51-53H,3-9,11,13-15,17,19-40H2,1-2H3,(H,54,55,56)/b12-10+,18-16+/t41-,42-,45-,46?,47?,48+/m1/s1. The van der Waals surface area contributed by atoms with Gasteiger partial charge in [-0.05, 0) is 38.5 Å². The predicted octanol–water partition coefficient (Wildman–Crippen LogP) is 10.4. The highest BCUT2D eigenvalue weighted by molar-refractivity contribution is 7.85. The molecule has 61 heavy (non-hydrogen) atoms. The minimum Gasteiger partial charge on any atom is -0.462 e. The minimum atomic E-state index is -4.60. The van der Waals surface area contributed by atoms with Crippen LogP contribution in [0.5, 0.6) is 0 Å². The van der Waals surface area contributed by atoms with Gasteiger partial charge in [0.05, 0.1) is 6.61 Å². The molecule has 1 fully saturated rings. The summed E-state index contributed by atoms with van der Waals surface area (Å²) in [7, 11) is -4.60.